The van der Waals surface area contributed by atoms with E-state index in [1.54, 1.807) is 12.0 Å². The van der Waals surface area contributed by atoms with Gasteiger partial charge < -0.3 is 14.4 Å². The summed E-state index contributed by atoms with van der Waals surface area (Å²) >= 11 is 0. The van der Waals surface area contributed by atoms with E-state index in [0.29, 0.717) is 6.54 Å². The lowest BCUT2D eigenvalue weighted by atomic mass is 10.2. The van der Waals surface area contributed by atoms with E-state index in [-0.39, 0.29) is 18.2 Å². The molecule has 2 aliphatic rings. The van der Waals surface area contributed by atoms with Gasteiger partial charge in [0.05, 0.1) is 12.6 Å². The van der Waals surface area contributed by atoms with Crippen LogP contribution in [0.25, 0.3) is 0 Å². The Bertz CT molecular complexity index is 318. The standard InChI is InChI=1S/C12H19NO3/c1-8-9(2)12(15-3)13(11(8)14)7-10-5-4-6-16-10/h10,12H,4-7H2,1-3H3/t10-,12-/m1/s1. The highest BCUT2D eigenvalue weighted by Crippen LogP contribution is 2.27. The average Bonchev–Trinajstić information content (AvgIpc) is 2.84. The molecule has 0 aromatic carbocycles. The van der Waals surface area contributed by atoms with Crippen molar-refractivity contribution < 1.29 is 14.3 Å². The van der Waals surface area contributed by atoms with Crippen molar-refractivity contribution in [1.29, 1.82) is 0 Å². The minimum absolute atomic E-state index is 0.0832. The molecule has 0 aromatic rings. The molecule has 0 aliphatic carbocycles. The summed E-state index contributed by atoms with van der Waals surface area (Å²) in [7, 11) is 1.64. The maximum atomic E-state index is 12.0. The van der Waals surface area contributed by atoms with Crippen LogP contribution in [-0.2, 0) is 14.3 Å². The van der Waals surface area contributed by atoms with Gasteiger partial charge in [-0.1, -0.05) is 0 Å². The van der Waals surface area contributed by atoms with Gasteiger partial charge in [0.1, 0.15) is 0 Å². The fourth-order valence-electron chi connectivity index (χ4n) is 2.40. The molecule has 4 nitrogen and oxygen atoms in total. The van der Waals surface area contributed by atoms with Gasteiger partial charge in [0.15, 0.2) is 6.23 Å². The van der Waals surface area contributed by atoms with Crippen molar-refractivity contribution in [1.82, 2.24) is 4.90 Å². The molecule has 2 rings (SSSR count). The summed E-state index contributed by atoms with van der Waals surface area (Å²) in [6, 6.07) is 0. The van der Waals surface area contributed by atoms with Gasteiger partial charge in [-0.15, -0.1) is 0 Å². The number of carbonyl (C=O) groups excluding carboxylic acids is 1. The van der Waals surface area contributed by atoms with E-state index in [9.17, 15) is 4.79 Å². The maximum Gasteiger partial charge on any atom is 0.251 e. The van der Waals surface area contributed by atoms with Crippen molar-refractivity contribution in [2.24, 2.45) is 0 Å². The zero-order valence-corrected chi connectivity index (χ0v) is 10.2. The number of carbonyl (C=O) groups is 1. The van der Waals surface area contributed by atoms with Crippen molar-refractivity contribution in [2.75, 3.05) is 20.3 Å². The topological polar surface area (TPSA) is 38.8 Å². The molecule has 1 saturated heterocycles. The fourth-order valence-corrected chi connectivity index (χ4v) is 2.40. The highest BCUT2D eigenvalue weighted by Gasteiger charge is 2.36. The van der Waals surface area contributed by atoms with Crippen LogP contribution >= 0.6 is 0 Å². The van der Waals surface area contributed by atoms with Crippen LogP contribution in [0.1, 0.15) is 26.7 Å². The lowest BCUT2D eigenvalue weighted by Crippen LogP contribution is -2.41. The normalized spacial score (nSPS) is 30.7. The van der Waals surface area contributed by atoms with Gasteiger partial charge in [0.2, 0.25) is 0 Å². The predicted octanol–water partition coefficient (Wildman–Crippen LogP) is 1.32. The SMILES string of the molecule is CO[C@@H]1C(C)=C(C)C(=O)N1C[C@H]1CCCO1. The van der Waals surface area contributed by atoms with Gasteiger partial charge in [0.25, 0.3) is 5.91 Å². The molecule has 0 radical (unpaired) electrons. The summed E-state index contributed by atoms with van der Waals surface area (Å²) in [5.41, 5.74) is 1.83. The molecular weight excluding hydrogens is 206 g/mol. The zero-order chi connectivity index (χ0) is 11.7. The minimum atomic E-state index is -0.198. The van der Waals surface area contributed by atoms with Gasteiger partial charge >= 0.3 is 0 Å². The summed E-state index contributed by atoms with van der Waals surface area (Å²) in [5, 5.41) is 0. The average molecular weight is 225 g/mol. The second-order valence-corrected chi connectivity index (χ2v) is 4.49. The molecule has 0 unspecified atom stereocenters. The molecule has 2 aliphatic heterocycles. The lowest BCUT2D eigenvalue weighted by molar-refractivity contribution is -0.135. The number of rotatable bonds is 3. The van der Waals surface area contributed by atoms with E-state index in [0.717, 1.165) is 30.6 Å². The molecule has 0 bridgehead atoms. The van der Waals surface area contributed by atoms with Crippen LogP contribution < -0.4 is 0 Å². The first-order chi connectivity index (χ1) is 7.65. The summed E-state index contributed by atoms with van der Waals surface area (Å²) in [5.74, 6) is 0.0832. The summed E-state index contributed by atoms with van der Waals surface area (Å²) in [6.07, 6.45) is 2.12. The molecule has 0 saturated carbocycles. The van der Waals surface area contributed by atoms with Crippen LogP contribution in [0.4, 0.5) is 0 Å². The van der Waals surface area contributed by atoms with Crippen LogP contribution in [0.3, 0.4) is 0 Å². The number of hydrogen-bond donors (Lipinski definition) is 0. The minimum Gasteiger partial charge on any atom is -0.376 e. The second kappa shape index (κ2) is 4.55. The first-order valence-electron chi connectivity index (χ1n) is 5.78. The predicted molar refractivity (Wildman–Crippen MR) is 59.9 cm³/mol. The van der Waals surface area contributed by atoms with Crippen molar-refractivity contribution in [3.63, 3.8) is 0 Å². The smallest absolute Gasteiger partial charge is 0.251 e. The van der Waals surface area contributed by atoms with Crippen molar-refractivity contribution >= 4 is 5.91 Å². The van der Waals surface area contributed by atoms with Crippen molar-refractivity contribution in [3.05, 3.63) is 11.1 Å². The largest absolute Gasteiger partial charge is 0.376 e. The zero-order valence-electron chi connectivity index (χ0n) is 10.2. The van der Waals surface area contributed by atoms with Crippen LogP contribution in [0, 0.1) is 0 Å². The molecule has 16 heavy (non-hydrogen) atoms. The number of ether oxygens (including phenoxy) is 2. The van der Waals surface area contributed by atoms with Crippen LogP contribution in [-0.4, -0.2) is 43.4 Å². The van der Waals surface area contributed by atoms with Gasteiger partial charge in [-0.2, -0.15) is 0 Å². The maximum absolute atomic E-state index is 12.0. The first kappa shape index (κ1) is 11.6. The van der Waals surface area contributed by atoms with Gasteiger partial charge in [-0.3, -0.25) is 4.79 Å². The Hall–Kier alpha value is -0.870. The van der Waals surface area contributed by atoms with Crippen molar-refractivity contribution in [3.8, 4) is 0 Å². The molecule has 0 N–H and O–H groups in total. The first-order valence-corrected chi connectivity index (χ1v) is 5.78. The molecule has 0 spiro atoms. The van der Waals surface area contributed by atoms with Crippen LogP contribution in [0.15, 0.2) is 11.1 Å². The second-order valence-electron chi connectivity index (χ2n) is 4.49. The number of methoxy groups -OCH3 is 1. The Balaban J connectivity index is 2.06. The fraction of sp³-hybridized carbons (Fsp3) is 0.750. The Morgan fingerprint density at radius 2 is 2.25 bits per heavy atom. The van der Waals surface area contributed by atoms with E-state index in [2.05, 4.69) is 0 Å². The Morgan fingerprint density at radius 1 is 1.50 bits per heavy atom. The molecule has 0 aromatic heterocycles. The van der Waals surface area contributed by atoms with Gasteiger partial charge in [-0.05, 0) is 32.3 Å². The van der Waals surface area contributed by atoms with E-state index in [4.69, 9.17) is 9.47 Å². The van der Waals surface area contributed by atoms with E-state index in [1.807, 2.05) is 13.8 Å². The van der Waals surface area contributed by atoms with Crippen molar-refractivity contribution in [2.45, 2.75) is 39.0 Å². The number of amides is 1. The van der Waals surface area contributed by atoms with Gasteiger partial charge in [-0.25, -0.2) is 0 Å². The monoisotopic (exact) mass is 225 g/mol. The third kappa shape index (κ3) is 1.87. The van der Waals surface area contributed by atoms with E-state index in [1.165, 1.54) is 0 Å². The molecule has 1 fully saturated rings. The third-order valence-electron chi connectivity index (χ3n) is 3.47. The quantitative estimate of drug-likeness (QED) is 0.727. The Labute approximate surface area is 96.2 Å². The van der Waals surface area contributed by atoms with Crippen LogP contribution in [0.2, 0.25) is 0 Å². The Kier molecular flexibility index (Phi) is 3.30. The molecule has 1 amide bonds. The summed E-state index contributed by atoms with van der Waals surface area (Å²) < 4.78 is 10.9. The number of nitrogens with zero attached hydrogens (tertiary/aromatic N) is 1. The third-order valence-corrected chi connectivity index (χ3v) is 3.47. The van der Waals surface area contributed by atoms with Gasteiger partial charge in [0, 0.05) is 19.3 Å². The molecule has 4 heteroatoms. The molecule has 2 heterocycles. The van der Waals surface area contributed by atoms with E-state index < -0.39 is 0 Å². The van der Waals surface area contributed by atoms with Crippen LogP contribution in [0.5, 0.6) is 0 Å². The van der Waals surface area contributed by atoms with E-state index >= 15 is 0 Å². The highest BCUT2D eigenvalue weighted by atomic mass is 16.5. The highest BCUT2D eigenvalue weighted by molar-refractivity contribution is 5.96. The summed E-state index contributed by atoms with van der Waals surface area (Å²) in [4.78, 5) is 13.8. The summed E-state index contributed by atoms with van der Waals surface area (Å²) in [6.45, 7) is 5.28. The number of hydrogen-bond acceptors (Lipinski definition) is 3. The molecule has 90 valence electrons. The molecular formula is C12H19NO3. The molecule has 2 atom stereocenters. The lowest BCUT2D eigenvalue weighted by Gasteiger charge is -2.27. The Morgan fingerprint density at radius 3 is 2.81 bits per heavy atom.